The van der Waals surface area contributed by atoms with E-state index in [-0.39, 0.29) is 5.89 Å². The van der Waals surface area contributed by atoms with Crippen LogP contribution in [0.3, 0.4) is 0 Å². The number of ether oxygens (including phenoxy) is 1. The van der Waals surface area contributed by atoms with Gasteiger partial charge in [-0.3, -0.25) is 0 Å². The highest BCUT2D eigenvalue weighted by Crippen LogP contribution is 2.27. The molecule has 0 saturated carbocycles. The van der Waals surface area contributed by atoms with Crippen LogP contribution in [0.15, 0.2) is 69.0 Å². The third-order valence-corrected chi connectivity index (χ3v) is 4.84. The number of hydrogen-bond donors (Lipinski definition) is 1. The Balaban J connectivity index is 1.44. The number of nitrogens with zero attached hydrogens (tertiary/aromatic N) is 2. The molecule has 0 unspecified atom stereocenters. The van der Waals surface area contributed by atoms with Crippen LogP contribution in [0.1, 0.15) is 35.0 Å². The van der Waals surface area contributed by atoms with E-state index in [0.29, 0.717) is 23.7 Å². The molecule has 0 spiro atoms. The fourth-order valence-corrected chi connectivity index (χ4v) is 3.23. The van der Waals surface area contributed by atoms with Crippen LogP contribution in [0.5, 0.6) is 0 Å². The van der Waals surface area contributed by atoms with Gasteiger partial charge in [-0.1, -0.05) is 18.2 Å². The summed E-state index contributed by atoms with van der Waals surface area (Å²) in [5.41, 5.74) is 1.07. The second-order valence-electron chi connectivity index (χ2n) is 5.95. The molecule has 7 nitrogen and oxygen atoms in total. The Morgan fingerprint density at radius 1 is 1.18 bits per heavy atom. The Labute approximate surface area is 165 Å². The maximum Gasteiger partial charge on any atom is 0.341 e. The molecule has 0 saturated heterocycles. The van der Waals surface area contributed by atoms with Gasteiger partial charge in [0, 0.05) is 5.69 Å². The van der Waals surface area contributed by atoms with E-state index in [4.69, 9.17) is 13.6 Å². The average molecular weight is 395 g/mol. The van der Waals surface area contributed by atoms with Gasteiger partial charge in [0.25, 0.3) is 11.8 Å². The monoisotopic (exact) mass is 395 g/mol. The quantitative estimate of drug-likeness (QED) is 0.444. The molecule has 8 heteroatoms. The molecule has 4 rings (SSSR count). The van der Waals surface area contributed by atoms with Crippen molar-refractivity contribution in [3.05, 3.63) is 77.4 Å². The lowest BCUT2D eigenvalue weighted by Crippen LogP contribution is -2.12. The third-order valence-electron chi connectivity index (χ3n) is 3.98. The number of carbonyl (C=O) groups excluding carboxylic acids is 1. The third kappa shape index (κ3) is 3.96. The van der Waals surface area contributed by atoms with E-state index in [1.807, 2.05) is 41.8 Å². The summed E-state index contributed by atoms with van der Waals surface area (Å²) < 4.78 is 16.5. The number of benzene rings is 1. The van der Waals surface area contributed by atoms with Gasteiger partial charge in [0.1, 0.15) is 5.76 Å². The van der Waals surface area contributed by atoms with E-state index < -0.39 is 12.1 Å². The molecule has 3 aromatic heterocycles. The van der Waals surface area contributed by atoms with Gasteiger partial charge >= 0.3 is 5.97 Å². The van der Waals surface area contributed by atoms with Crippen molar-refractivity contribution in [2.24, 2.45) is 0 Å². The second-order valence-corrected chi connectivity index (χ2v) is 6.90. The highest BCUT2D eigenvalue weighted by Gasteiger charge is 2.21. The van der Waals surface area contributed by atoms with Crippen molar-refractivity contribution < 1.29 is 18.4 Å². The number of anilines is 1. The first-order chi connectivity index (χ1) is 13.7. The Bertz CT molecular complexity index is 1040. The fourth-order valence-electron chi connectivity index (χ4n) is 2.58. The van der Waals surface area contributed by atoms with E-state index in [2.05, 4.69) is 15.5 Å². The second kappa shape index (κ2) is 8.10. The summed E-state index contributed by atoms with van der Waals surface area (Å²) in [4.78, 5) is 13.5. The standard InChI is InChI=1S/C20H17N3O4S/c1-13(18-22-23-19(27-18)17-9-5-11-28-17)26-20(24)15-7-2-3-8-16(15)21-12-14-6-4-10-25-14/h2-11,13,21H,12H2,1H3/t13-/m1/s1. The number of para-hydroxylation sites is 1. The normalized spacial score (nSPS) is 11.9. The molecule has 0 radical (unpaired) electrons. The molecule has 0 bridgehead atoms. The highest BCUT2D eigenvalue weighted by molar-refractivity contribution is 7.13. The van der Waals surface area contributed by atoms with Crippen LogP contribution in [-0.4, -0.2) is 16.2 Å². The van der Waals surface area contributed by atoms with E-state index in [1.54, 1.807) is 25.3 Å². The number of furan rings is 1. The maximum atomic E-state index is 12.7. The van der Waals surface area contributed by atoms with Crippen molar-refractivity contribution in [3.63, 3.8) is 0 Å². The summed E-state index contributed by atoms with van der Waals surface area (Å²) in [6.45, 7) is 2.16. The summed E-state index contributed by atoms with van der Waals surface area (Å²) in [6.07, 6.45) is 0.931. The van der Waals surface area contributed by atoms with Crippen molar-refractivity contribution in [3.8, 4) is 10.8 Å². The van der Waals surface area contributed by atoms with Crippen molar-refractivity contribution in [2.45, 2.75) is 19.6 Å². The summed E-state index contributed by atoms with van der Waals surface area (Å²) in [5.74, 6) is 0.945. The minimum atomic E-state index is -0.674. The van der Waals surface area contributed by atoms with Gasteiger partial charge in [-0.2, -0.15) is 0 Å². The first kappa shape index (κ1) is 18.0. The van der Waals surface area contributed by atoms with Crippen LogP contribution >= 0.6 is 11.3 Å². The van der Waals surface area contributed by atoms with Gasteiger partial charge in [0.2, 0.25) is 0 Å². The SMILES string of the molecule is C[C@@H](OC(=O)c1ccccc1NCc1ccco1)c1nnc(-c2cccs2)o1. The minimum absolute atomic E-state index is 0.248. The molecule has 0 fully saturated rings. The van der Waals surface area contributed by atoms with E-state index in [9.17, 15) is 4.79 Å². The van der Waals surface area contributed by atoms with Crippen LogP contribution in [0.4, 0.5) is 5.69 Å². The first-order valence-electron chi connectivity index (χ1n) is 8.64. The molecule has 0 amide bonds. The van der Waals surface area contributed by atoms with Crippen molar-refractivity contribution >= 4 is 23.0 Å². The zero-order chi connectivity index (χ0) is 19.3. The number of hydrogen-bond acceptors (Lipinski definition) is 8. The first-order valence-corrected chi connectivity index (χ1v) is 9.52. The number of esters is 1. The Kier molecular flexibility index (Phi) is 5.20. The zero-order valence-electron chi connectivity index (χ0n) is 15.0. The summed E-state index contributed by atoms with van der Waals surface area (Å²) in [6, 6.07) is 14.6. The molecule has 1 aromatic carbocycles. The molecule has 142 valence electrons. The number of aromatic nitrogens is 2. The van der Waals surface area contributed by atoms with Crippen molar-refractivity contribution in [2.75, 3.05) is 5.32 Å². The fraction of sp³-hybridized carbons (Fsp3) is 0.150. The number of carbonyl (C=O) groups is 1. The predicted octanol–water partition coefficient (Wildman–Crippen LogP) is 4.92. The molecule has 0 aliphatic heterocycles. The van der Waals surface area contributed by atoms with E-state index >= 15 is 0 Å². The van der Waals surface area contributed by atoms with Gasteiger partial charge in [0.15, 0.2) is 6.10 Å². The molecule has 4 aromatic rings. The van der Waals surface area contributed by atoms with Crippen molar-refractivity contribution in [1.29, 1.82) is 0 Å². The minimum Gasteiger partial charge on any atom is -0.467 e. The van der Waals surface area contributed by atoms with Crippen LogP contribution in [0, 0.1) is 0 Å². The molecule has 1 atom stereocenters. The summed E-state index contributed by atoms with van der Waals surface area (Å²) >= 11 is 1.50. The van der Waals surface area contributed by atoms with Crippen LogP contribution in [0.2, 0.25) is 0 Å². The molecule has 0 aliphatic carbocycles. The number of thiophene rings is 1. The topological polar surface area (TPSA) is 90.4 Å². The van der Waals surface area contributed by atoms with Gasteiger partial charge in [0.05, 0.1) is 23.2 Å². The Hall–Kier alpha value is -3.39. The molecule has 1 N–H and O–H groups in total. The van der Waals surface area contributed by atoms with Gasteiger partial charge in [-0.25, -0.2) is 4.79 Å². The van der Waals surface area contributed by atoms with Crippen LogP contribution < -0.4 is 5.32 Å². The Morgan fingerprint density at radius 2 is 2.07 bits per heavy atom. The zero-order valence-corrected chi connectivity index (χ0v) is 15.8. The lowest BCUT2D eigenvalue weighted by atomic mass is 10.1. The van der Waals surface area contributed by atoms with E-state index in [1.165, 1.54) is 11.3 Å². The highest BCUT2D eigenvalue weighted by atomic mass is 32.1. The summed E-state index contributed by atoms with van der Waals surface area (Å²) in [7, 11) is 0. The summed E-state index contributed by atoms with van der Waals surface area (Å²) in [5, 5.41) is 13.1. The maximum absolute atomic E-state index is 12.7. The van der Waals surface area contributed by atoms with Crippen molar-refractivity contribution in [1.82, 2.24) is 10.2 Å². The van der Waals surface area contributed by atoms with Gasteiger partial charge in [-0.05, 0) is 42.6 Å². The smallest absolute Gasteiger partial charge is 0.341 e. The van der Waals surface area contributed by atoms with Crippen LogP contribution in [0.25, 0.3) is 10.8 Å². The molecular weight excluding hydrogens is 378 g/mol. The molecule has 0 aliphatic rings. The lowest BCUT2D eigenvalue weighted by molar-refractivity contribution is 0.0281. The van der Waals surface area contributed by atoms with Crippen LogP contribution in [-0.2, 0) is 11.3 Å². The largest absolute Gasteiger partial charge is 0.467 e. The lowest BCUT2D eigenvalue weighted by Gasteiger charge is -2.13. The number of rotatable bonds is 7. The number of nitrogens with one attached hydrogen (secondary N) is 1. The van der Waals surface area contributed by atoms with Gasteiger partial charge < -0.3 is 18.9 Å². The van der Waals surface area contributed by atoms with Gasteiger partial charge in [-0.15, -0.1) is 21.5 Å². The Morgan fingerprint density at radius 3 is 2.86 bits per heavy atom. The molecular formula is C20H17N3O4S. The van der Waals surface area contributed by atoms with E-state index in [0.717, 1.165) is 10.6 Å². The predicted molar refractivity (Wildman–Crippen MR) is 104 cm³/mol. The average Bonchev–Trinajstić information content (AvgIpc) is 3.48. The molecule has 28 heavy (non-hydrogen) atoms. The molecule has 3 heterocycles.